The average Bonchev–Trinajstić information content (AvgIpc) is 2.83. The molecule has 38 heavy (non-hydrogen) atoms. The van der Waals surface area contributed by atoms with E-state index in [2.05, 4.69) is 20.0 Å². The van der Waals surface area contributed by atoms with Crippen molar-refractivity contribution in [1.82, 2.24) is 20.0 Å². The number of benzene rings is 2. The van der Waals surface area contributed by atoms with Crippen LogP contribution in [0, 0.1) is 34.6 Å². The van der Waals surface area contributed by atoms with Crippen LogP contribution in [0.15, 0.2) is 34.0 Å². The van der Waals surface area contributed by atoms with Crippen LogP contribution in [0.5, 0.6) is 0 Å². The van der Waals surface area contributed by atoms with E-state index in [4.69, 9.17) is 5.73 Å². The van der Waals surface area contributed by atoms with Crippen LogP contribution in [0.4, 0.5) is 4.79 Å². The third-order valence-electron chi connectivity index (χ3n) is 6.68. The summed E-state index contributed by atoms with van der Waals surface area (Å²) in [5.74, 6) is -1.38. The van der Waals surface area contributed by atoms with Gasteiger partial charge in [0.25, 0.3) is 5.56 Å². The molecule has 0 aliphatic carbocycles. The Kier molecular flexibility index (Phi) is 8.38. The van der Waals surface area contributed by atoms with E-state index in [1.54, 1.807) is 44.2 Å². The van der Waals surface area contributed by atoms with Crippen LogP contribution in [0.25, 0.3) is 17.0 Å². The highest BCUT2D eigenvalue weighted by atomic mass is 32.2. The fourth-order valence-electron chi connectivity index (χ4n) is 4.25. The summed E-state index contributed by atoms with van der Waals surface area (Å²) in [6.07, 6.45) is 2.98. The minimum Gasteiger partial charge on any atom is -0.480 e. The zero-order valence-electron chi connectivity index (χ0n) is 21.8. The number of nitrogens with zero attached hydrogens (tertiary/aromatic N) is 1. The fraction of sp³-hybridized carbons (Fsp3) is 0.308. The van der Waals surface area contributed by atoms with Gasteiger partial charge in [0.15, 0.2) is 0 Å². The SMILES string of the molecule is Cc1c(C)c(C)c(S(=O)(=O)N[C@@H](Cc2nc3ccc(C=CCNC(N)=O)cc3c(=O)[nH]2)C(=O)O)c(C)c1C. The van der Waals surface area contributed by atoms with Crippen molar-refractivity contribution in [3.8, 4) is 0 Å². The molecular weight excluding hydrogens is 510 g/mol. The number of H-pyrrole nitrogens is 1. The second kappa shape index (κ2) is 11.2. The molecule has 0 radical (unpaired) electrons. The molecule has 0 aliphatic rings. The van der Waals surface area contributed by atoms with Gasteiger partial charge in [0.2, 0.25) is 10.0 Å². The van der Waals surface area contributed by atoms with Crippen molar-refractivity contribution in [3.63, 3.8) is 0 Å². The van der Waals surface area contributed by atoms with Crippen LogP contribution >= 0.6 is 0 Å². The van der Waals surface area contributed by atoms with E-state index in [-0.39, 0.29) is 29.1 Å². The molecule has 3 aromatic rings. The number of carbonyl (C=O) groups excluding carboxylic acids is 1. The molecule has 0 saturated carbocycles. The van der Waals surface area contributed by atoms with Gasteiger partial charge in [-0.2, -0.15) is 4.72 Å². The number of primary amides is 1. The lowest BCUT2D eigenvalue weighted by Gasteiger charge is -2.21. The van der Waals surface area contributed by atoms with E-state index in [9.17, 15) is 27.9 Å². The van der Waals surface area contributed by atoms with Gasteiger partial charge in [-0.05, 0) is 80.1 Å². The minimum absolute atomic E-state index is 0.0243. The second-order valence-corrected chi connectivity index (χ2v) is 10.8. The minimum atomic E-state index is -4.21. The number of amides is 2. The molecule has 11 nitrogen and oxygen atoms in total. The maximum Gasteiger partial charge on any atom is 0.322 e. The predicted molar refractivity (Wildman–Crippen MR) is 145 cm³/mol. The Balaban J connectivity index is 1.91. The predicted octanol–water partition coefficient (Wildman–Crippen LogP) is 2.12. The Bertz CT molecular complexity index is 1600. The van der Waals surface area contributed by atoms with Crippen LogP contribution in [0.1, 0.15) is 39.2 Å². The van der Waals surface area contributed by atoms with E-state index < -0.39 is 33.6 Å². The number of nitrogens with one attached hydrogen (secondary N) is 3. The van der Waals surface area contributed by atoms with Gasteiger partial charge in [0, 0.05) is 13.0 Å². The number of aliphatic carboxylic acids is 1. The van der Waals surface area contributed by atoms with Crippen molar-refractivity contribution >= 4 is 39.0 Å². The largest absolute Gasteiger partial charge is 0.480 e. The first-order valence-electron chi connectivity index (χ1n) is 11.8. The average molecular weight is 542 g/mol. The molecule has 2 aromatic carbocycles. The number of carbonyl (C=O) groups is 2. The Hall–Kier alpha value is -4.03. The normalized spacial score (nSPS) is 12.7. The Morgan fingerprint density at radius 1 is 1.08 bits per heavy atom. The number of hydrogen-bond acceptors (Lipinski definition) is 6. The zero-order chi connectivity index (χ0) is 28.4. The van der Waals surface area contributed by atoms with Crippen molar-refractivity contribution < 1.29 is 23.1 Å². The topological polar surface area (TPSA) is 184 Å². The summed E-state index contributed by atoms with van der Waals surface area (Å²) in [5, 5.41) is 12.5. The summed E-state index contributed by atoms with van der Waals surface area (Å²) < 4.78 is 29.0. The summed E-state index contributed by atoms with van der Waals surface area (Å²) in [5.41, 5.74) is 9.23. The number of aromatic nitrogens is 2. The summed E-state index contributed by atoms with van der Waals surface area (Å²) in [7, 11) is -4.21. The molecular formula is C26H31N5O6S. The molecule has 0 saturated heterocycles. The lowest BCUT2D eigenvalue weighted by Crippen LogP contribution is -2.43. The van der Waals surface area contributed by atoms with E-state index in [1.165, 1.54) is 0 Å². The molecule has 6 N–H and O–H groups in total. The zero-order valence-corrected chi connectivity index (χ0v) is 22.6. The first kappa shape index (κ1) is 28.5. The van der Waals surface area contributed by atoms with Crippen molar-refractivity contribution in [2.45, 2.75) is 52.0 Å². The third-order valence-corrected chi connectivity index (χ3v) is 8.42. The van der Waals surface area contributed by atoms with Gasteiger partial charge >= 0.3 is 12.0 Å². The molecule has 1 atom stereocenters. The molecule has 0 fully saturated rings. The lowest BCUT2D eigenvalue weighted by molar-refractivity contribution is -0.139. The number of nitrogens with two attached hydrogens (primary N) is 1. The number of aromatic amines is 1. The quantitative estimate of drug-likeness (QED) is 0.275. The second-order valence-electron chi connectivity index (χ2n) is 9.11. The van der Waals surface area contributed by atoms with E-state index in [0.717, 1.165) is 16.7 Å². The molecule has 0 bridgehead atoms. The van der Waals surface area contributed by atoms with Gasteiger partial charge in [0.05, 0.1) is 15.8 Å². The highest BCUT2D eigenvalue weighted by Crippen LogP contribution is 2.29. The van der Waals surface area contributed by atoms with Gasteiger partial charge in [-0.25, -0.2) is 18.2 Å². The smallest absolute Gasteiger partial charge is 0.322 e. The molecule has 2 amide bonds. The van der Waals surface area contributed by atoms with Crippen molar-refractivity contribution in [2.24, 2.45) is 5.73 Å². The van der Waals surface area contributed by atoms with E-state index in [0.29, 0.717) is 22.2 Å². The van der Waals surface area contributed by atoms with Crippen LogP contribution in [-0.2, 0) is 21.2 Å². The lowest BCUT2D eigenvalue weighted by atomic mass is 9.95. The number of sulfonamides is 1. The number of carboxylic acids is 1. The molecule has 1 heterocycles. The van der Waals surface area contributed by atoms with Crippen molar-refractivity contribution in [2.75, 3.05) is 6.54 Å². The Morgan fingerprint density at radius 3 is 2.26 bits per heavy atom. The fourth-order valence-corrected chi connectivity index (χ4v) is 6.04. The van der Waals surface area contributed by atoms with Crippen LogP contribution in [0.2, 0.25) is 0 Å². The number of rotatable bonds is 9. The van der Waals surface area contributed by atoms with Crippen LogP contribution in [0.3, 0.4) is 0 Å². The number of urea groups is 1. The van der Waals surface area contributed by atoms with Gasteiger partial charge in [-0.15, -0.1) is 0 Å². The molecule has 0 unspecified atom stereocenters. The highest BCUT2D eigenvalue weighted by molar-refractivity contribution is 7.89. The Morgan fingerprint density at radius 2 is 1.68 bits per heavy atom. The first-order chi connectivity index (χ1) is 17.7. The summed E-state index contributed by atoms with van der Waals surface area (Å²) in [6, 6.07) is 2.67. The van der Waals surface area contributed by atoms with Gasteiger partial charge in [-0.3, -0.25) is 9.59 Å². The molecule has 0 aliphatic heterocycles. The molecule has 3 rings (SSSR count). The summed E-state index contributed by atoms with van der Waals surface area (Å²) >= 11 is 0. The van der Waals surface area contributed by atoms with Crippen molar-refractivity contribution in [1.29, 1.82) is 0 Å². The monoisotopic (exact) mass is 541 g/mol. The molecule has 0 spiro atoms. The van der Waals surface area contributed by atoms with Crippen molar-refractivity contribution in [3.05, 3.63) is 73.8 Å². The maximum absolute atomic E-state index is 13.4. The number of hydrogen-bond donors (Lipinski definition) is 5. The highest BCUT2D eigenvalue weighted by Gasteiger charge is 2.30. The van der Waals surface area contributed by atoms with Gasteiger partial charge < -0.3 is 21.1 Å². The first-order valence-corrected chi connectivity index (χ1v) is 13.3. The summed E-state index contributed by atoms with van der Waals surface area (Å²) in [4.78, 5) is 42.5. The van der Waals surface area contributed by atoms with Crippen LogP contribution < -0.4 is 21.3 Å². The molecule has 1 aromatic heterocycles. The van der Waals surface area contributed by atoms with Gasteiger partial charge in [0.1, 0.15) is 11.9 Å². The Labute approximate surface area is 220 Å². The maximum atomic E-state index is 13.4. The third kappa shape index (κ3) is 6.09. The standard InChI is InChI=1S/C26H31N5O6S/c1-13-14(2)16(4)23(17(5)15(13)3)38(36,37)31-21(25(33)34)12-22-29-20-9-8-18(7-6-10-28-26(27)35)11-19(20)24(32)30-22/h6-9,11,21,31H,10,12H2,1-5H3,(H,33,34)(H3,27,28,35)(H,29,30,32)/t21-/m0/s1. The van der Waals surface area contributed by atoms with E-state index in [1.807, 2.05) is 20.8 Å². The number of carboxylic acid groups (broad SMARTS) is 1. The molecule has 12 heteroatoms. The summed E-state index contributed by atoms with van der Waals surface area (Å²) in [6.45, 7) is 9.17. The van der Waals surface area contributed by atoms with E-state index >= 15 is 0 Å². The van der Waals surface area contributed by atoms with Gasteiger partial charge in [-0.1, -0.05) is 18.2 Å². The van der Waals surface area contributed by atoms with Crippen LogP contribution in [-0.4, -0.2) is 48.1 Å². The number of fused-ring (bicyclic) bond motifs is 1. The molecule has 202 valence electrons.